The number of likely N-dealkylation sites (tertiary alicyclic amines) is 1. The maximum absolute atomic E-state index is 14.8. The van der Waals surface area contributed by atoms with E-state index in [2.05, 4.69) is 42.2 Å². The van der Waals surface area contributed by atoms with Gasteiger partial charge in [0, 0.05) is 45.2 Å². The minimum Gasteiger partial charge on any atom is -0.508 e. The number of aliphatic hydroxyl groups excluding tert-OH is 1. The first-order valence-electron chi connectivity index (χ1n) is 27.8. The number of nitrogens with zero attached hydrogens (tertiary/aromatic N) is 2. The molecule has 4 rings (SSSR count). The average molecular weight is 1230 g/mol. The smallest absolute Gasteiger partial charge is 0.328 e. The normalized spacial score (nSPS) is 15.8. The Morgan fingerprint density at radius 1 is 0.534 bits per heavy atom. The topological polar surface area (TPSA) is 562 Å². The van der Waals surface area contributed by atoms with Gasteiger partial charge in [-0.15, -0.1) is 0 Å². The minimum absolute atomic E-state index is 0.00759. The lowest BCUT2D eigenvalue weighted by molar-refractivity contribution is -0.145. The van der Waals surface area contributed by atoms with Crippen molar-refractivity contribution in [1.82, 2.24) is 42.1 Å². The van der Waals surface area contributed by atoms with Gasteiger partial charge in [-0.1, -0.05) is 36.4 Å². The molecule has 32 heteroatoms. The molecule has 11 amide bonds. The lowest BCUT2D eigenvalue weighted by Crippen LogP contribution is -2.61. The van der Waals surface area contributed by atoms with Crippen molar-refractivity contribution >= 4 is 76.9 Å². The van der Waals surface area contributed by atoms with E-state index in [9.17, 15) is 83.1 Å². The summed E-state index contributed by atoms with van der Waals surface area (Å²) in [4.78, 5) is 167. The number of primary amides is 3. The predicted molar refractivity (Wildman–Crippen MR) is 312 cm³/mol. The lowest BCUT2D eigenvalue weighted by atomic mass is 10.0. The molecular weight excluding hydrogens is 1150 g/mol. The minimum atomic E-state index is -1.91. The number of aliphatic carboxylic acids is 1. The third kappa shape index (κ3) is 23.4. The maximum atomic E-state index is 14.8. The molecule has 1 saturated heterocycles. The van der Waals surface area contributed by atoms with Crippen molar-refractivity contribution in [3.63, 3.8) is 0 Å². The van der Waals surface area contributed by atoms with Crippen LogP contribution in [0, 0.1) is 0 Å². The van der Waals surface area contributed by atoms with Gasteiger partial charge in [0.25, 0.3) is 0 Å². The number of nitrogens with one attached hydrogen (secondary N) is 7. The van der Waals surface area contributed by atoms with Crippen molar-refractivity contribution in [2.24, 2.45) is 39.4 Å². The Morgan fingerprint density at radius 3 is 1.40 bits per heavy atom. The summed E-state index contributed by atoms with van der Waals surface area (Å²) >= 11 is 0. The number of hydrogen-bond acceptors (Lipinski definition) is 18. The number of aliphatic imine (C=N–C) groups is 1. The van der Waals surface area contributed by atoms with Crippen LogP contribution in [0.15, 0.2) is 77.8 Å². The van der Waals surface area contributed by atoms with E-state index in [-0.39, 0.29) is 87.7 Å². The van der Waals surface area contributed by atoms with E-state index < -0.39 is 157 Å². The van der Waals surface area contributed by atoms with Crippen LogP contribution in [0.5, 0.6) is 17.2 Å². The summed E-state index contributed by atoms with van der Waals surface area (Å²) < 4.78 is 0. The first-order valence-corrected chi connectivity index (χ1v) is 27.8. The Morgan fingerprint density at radius 2 is 0.943 bits per heavy atom. The second-order valence-electron chi connectivity index (χ2n) is 21.0. The van der Waals surface area contributed by atoms with Crippen molar-refractivity contribution < 1.29 is 83.1 Å². The number of benzene rings is 3. The first-order chi connectivity index (χ1) is 41.5. The number of phenols is 3. The lowest BCUT2D eigenvalue weighted by Gasteiger charge is -2.31. The number of rotatable bonds is 35. The third-order valence-corrected chi connectivity index (χ3v) is 13.9. The molecular formula is C56H77N15O17. The maximum Gasteiger partial charge on any atom is 0.328 e. The molecule has 3 aromatic rings. The number of carbonyl (C=O) groups excluding carboxylic acids is 11. The van der Waals surface area contributed by atoms with Crippen molar-refractivity contribution in [2.45, 2.75) is 144 Å². The Bertz CT molecular complexity index is 3000. The van der Waals surface area contributed by atoms with Crippen LogP contribution in [0.2, 0.25) is 0 Å². The molecule has 0 aliphatic carbocycles. The number of amides is 11. The summed E-state index contributed by atoms with van der Waals surface area (Å²) in [5, 5.41) is 67.0. The quantitative estimate of drug-likeness (QED) is 0.0148. The largest absolute Gasteiger partial charge is 0.508 e. The van der Waals surface area contributed by atoms with E-state index in [0.29, 0.717) is 16.7 Å². The number of guanidine groups is 1. The molecule has 1 fully saturated rings. The van der Waals surface area contributed by atoms with Gasteiger partial charge in [-0.25, -0.2) is 4.79 Å². The Kier molecular flexibility index (Phi) is 27.3. The predicted octanol–water partition coefficient (Wildman–Crippen LogP) is -5.53. The molecule has 10 atom stereocenters. The van der Waals surface area contributed by atoms with Gasteiger partial charge in [0.05, 0.1) is 18.6 Å². The molecule has 1 aliphatic rings. The van der Waals surface area contributed by atoms with E-state index in [1.54, 1.807) is 0 Å². The highest BCUT2D eigenvalue weighted by molar-refractivity contribution is 5.99. The first kappa shape index (κ1) is 70.4. The van der Waals surface area contributed by atoms with Crippen molar-refractivity contribution in [1.29, 1.82) is 0 Å². The molecule has 1 heterocycles. The zero-order valence-corrected chi connectivity index (χ0v) is 48.1. The van der Waals surface area contributed by atoms with E-state index >= 15 is 0 Å². The van der Waals surface area contributed by atoms with Crippen molar-refractivity contribution in [3.8, 4) is 17.2 Å². The van der Waals surface area contributed by atoms with Crippen molar-refractivity contribution in [2.75, 3.05) is 13.1 Å². The Balaban J connectivity index is 1.69. The molecule has 0 spiro atoms. The Labute approximate surface area is 504 Å². The van der Waals surface area contributed by atoms with E-state index in [1.165, 1.54) is 72.8 Å². The van der Waals surface area contributed by atoms with Gasteiger partial charge in [-0.3, -0.25) is 57.7 Å². The fourth-order valence-electron chi connectivity index (χ4n) is 9.17. The Hall–Kier alpha value is -10.1. The van der Waals surface area contributed by atoms with Gasteiger partial charge in [-0.2, -0.15) is 0 Å². The number of aromatic hydroxyl groups is 3. The highest BCUT2D eigenvalue weighted by Crippen LogP contribution is 2.22. The number of hydrogen-bond donors (Lipinski definition) is 18. The highest BCUT2D eigenvalue weighted by atomic mass is 16.4. The highest BCUT2D eigenvalue weighted by Gasteiger charge is 2.41. The van der Waals surface area contributed by atoms with Crippen LogP contribution in [-0.2, 0) is 76.8 Å². The molecule has 3 aromatic carbocycles. The molecule has 24 N–H and O–H groups in total. The van der Waals surface area contributed by atoms with Crippen LogP contribution in [0.1, 0.15) is 81.4 Å². The standard InChI is InChI=1S/C56H77N15O17/c1-28(72)46(55(87)88)70-49(81)36(4-2-22-63-56(61)62)65-53(85)42-5-3-23-71(42)54(86)41(26-31-10-16-34(75)17-11-31)69-52(84)40(27-45(60)78)68-51(83)39(25-30-8-14-33(74)15-9-30)67-50(82)38(24-29-6-12-32(73)13-7-29)66-48(80)37(19-21-44(59)77)64-47(79)35(57)18-20-43(58)76/h6-17,28,35-42,46,72-75H,2-5,18-27,57H2,1H3,(H2,58,76)(H2,59,77)(H2,60,78)(H,64,79)(H,65,85)(H,66,80)(H,67,82)(H,68,83)(H,69,84)(H,70,81)(H,87,88)(H4,61,62,63)/t28-,35+,36+,37+,38+,39+,40+,41+,42+,46+/m1/s1. The zero-order chi connectivity index (χ0) is 65.4. The molecule has 0 bridgehead atoms. The van der Waals surface area contributed by atoms with Crippen LogP contribution < -0.4 is 71.6 Å². The molecule has 0 radical (unpaired) electrons. The summed E-state index contributed by atoms with van der Waals surface area (Å²) in [5.41, 5.74) is 34.0. The van der Waals surface area contributed by atoms with Gasteiger partial charge in [0.15, 0.2) is 12.0 Å². The third-order valence-electron chi connectivity index (χ3n) is 13.9. The van der Waals surface area contributed by atoms with Gasteiger partial charge in [-0.05, 0) is 98.5 Å². The number of phenolic OH excluding ortho intramolecular Hbond substituents is 3. The van der Waals surface area contributed by atoms with Crippen LogP contribution >= 0.6 is 0 Å². The van der Waals surface area contributed by atoms with Crippen molar-refractivity contribution in [3.05, 3.63) is 89.5 Å². The summed E-state index contributed by atoms with van der Waals surface area (Å²) in [5.74, 6) is -13.2. The van der Waals surface area contributed by atoms with Gasteiger partial charge in [0.2, 0.25) is 65.0 Å². The van der Waals surface area contributed by atoms with Crippen LogP contribution in [0.25, 0.3) is 0 Å². The SMILES string of the molecule is C[C@@H](O)[C@H](NC(=O)[C@H](CCCN=C(N)N)NC(=O)[C@@H]1CCCN1C(=O)[C@H](Cc1ccc(O)cc1)NC(=O)[C@H](CC(N)=O)NC(=O)[C@H](Cc1ccc(O)cc1)NC(=O)[C@H](Cc1ccc(O)cc1)NC(=O)[C@H](CCC(N)=O)NC(=O)[C@@H](N)CCC(N)=O)C(=O)O. The number of aliphatic hydroxyl groups is 1. The van der Waals surface area contributed by atoms with Gasteiger partial charge < -0.3 is 102 Å². The molecule has 478 valence electrons. The second kappa shape index (κ2) is 34.1. The number of carbonyl (C=O) groups is 12. The second-order valence-corrected chi connectivity index (χ2v) is 21.0. The summed E-state index contributed by atoms with van der Waals surface area (Å²) in [7, 11) is 0. The van der Waals surface area contributed by atoms with Crippen LogP contribution in [0.3, 0.4) is 0 Å². The number of carboxylic acid groups (broad SMARTS) is 1. The number of nitrogens with two attached hydrogens (primary N) is 6. The summed E-state index contributed by atoms with van der Waals surface area (Å²) in [6, 6.07) is 1.82. The van der Waals surface area contributed by atoms with Gasteiger partial charge in [0.1, 0.15) is 59.5 Å². The molecule has 1 aliphatic heterocycles. The van der Waals surface area contributed by atoms with Crippen LogP contribution in [-0.4, -0.2) is 181 Å². The summed E-state index contributed by atoms with van der Waals surface area (Å²) in [6.45, 7) is 1.04. The fraction of sp³-hybridized carbons (Fsp3) is 0.446. The monoisotopic (exact) mass is 1230 g/mol. The van der Waals surface area contributed by atoms with Crippen LogP contribution in [0.4, 0.5) is 0 Å². The molecule has 88 heavy (non-hydrogen) atoms. The summed E-state index contributed by atoms with van der Waals surface area (Å²) in [6.07, 6.45) is -4.72. The van der Waals surface area contributed by atoms with E-state index in [1.807, 2.05) is 0 Å². The van der Waals surface area contributed by atoms with Gasteiger partial charge >= 0.3 is 5.97 Å². The molecule has 0 unspecified atom stereocenters. The average Bonchev–Trinajstić information content (AvgIpc) is 2.55. The molecule has 32 nitrogen and oxygen atoms in total. The molecule has 0 saturated carbocycles. The van der Waals surface area contributed by atoms with E-state index in [4.69, 9.17) is 34.4 Å². The molecule has 0 aromatic heterocycles. The zero-order valence-electron chi connectivity index (χ0n) is 48.1. The fourth-order valence-corrected chi connectivity index (χ4v) is 9.17. The number of carboxylic acids is 1. The van der Waals surface area contributed by atoms with E-state index in [0.717, 1.165) is 11.8 Å².